The zero-order valence-electron chi connectivity index (χ0n) is 14.2. The van der Waals surface area contributed by atoms with E-state index in [1.54, 1.807) is 15.2 Å². The van der Waals surface area contributed by atoms with Crippen molar-refractivity contribution in [1.29, 1.82) is 0 Å². The van der Waals surface area contributed by atoms with Crippen LogP contribution in [0.2, 0.25) is 0 Å². The SMILES string of the molecule is O=C(O)c1cn(C2CC2)c2cc(-n3cc4ccccc4c3)c(F)cc2c1=O. The standard InChI is InChI=1S/C21H15FN2O3/c22-17-7-15-18(24(14-5-6-14)11-16(20(15)25)21(26)27)8-19(17)23-9-12-3-1-2-4-13(12)10-23/h1-4,7-11,14H,5-6H2,(H,26,27). The summed E-state index contributed by atoms with van der Waals surface area (Å²) in [7, 11) is 0. The lowest BCUT2D eigenvalue weighted by Crippen LogP contribution is -2.19. The van der Waals surface area contributed by atoms with Gasteiger partial charge in [-0.05, 0) is 35.7 Å². The number of carboxylic acid groups (broad SMARTS) is 1. The number of halogens is 1. The van der Waals surface area contributed by atoms with Gasteiger partial charge < -0.3 is 14.2 Å². The van der Waals surface area contributed by atoms with E-state index in [0.29, 0.717) is 11.2 Å². The third-order valence-electron chi connectivity index (χ3n) is 5.10. The molecule has 0 unspecified atom stereocenters. The van der Waals surface area contributed by atoms with Crippen molar-refractivity contribution < 1.29 is 14.3 Å². The highest BCUT2D eigenvalue weighted by Gasteiger charge is 2.27. The van der Waals surface area contributed by atoms with Gasteiger partial charge in [0.05, 0.1) is 11.2 Å². The molecular formula is C21H15FN2O3. The molecule has 1 aliphatic rings. The number of benzene rings is 2. The largest absolute Gasteiger partial charge is 0.477 e. The van der Waals surface area contributed by atoms with Gasteiger partial charge in [-0.1, -0.05) is 24.3 Å². The Morgan fingerprint density at radius 2 is 1.74 bits per heavy atom. The molecule has 27 heavy (non-hydrogen) atoms. The van der Waals surface area contributed by atoms with Crippen LogP contribution in [0.3, 0.4) is 0 Å². The Kier molecular flexibility index (Phi) is 3.25. The van der Waals surface area contributed by atoms with Crippen LogP contribution in [0.25, 0.3) is 27.4 Å². The van der Waals surface area contributed by atoms with Crippen LogP contribution in [-0.4, -0.2) is 20.2 Å². The van der Waals surface area contributed by atoms with Crippen LogP contribution in [0, 0.1) is 5.82 Å². The highest BCUT2D eigenvalue weighted by atomic mass is 19.1. The van der Waals surface area contributed by atoms with Gasteiger partial charge in [-0.25, -0.2) is 9.18 Å². The van der Waals surface area contributed by atoms with Crippen LogP contribution < -0.4 is 5.43 Å². The van der Waals surface area contributed by atoms with E-state index in [9.17, 15) is 19.1 Å². The average molecular weight is 362 g/mol. The minimum absolute atomic E-state index is 0.0970. The van der Waals surface area contributed by atoms with Gasteiger partial charge >= 0.3 is 5.97 Å². The van der Waals surface area contributed by atoms with Crippen molar-refractivity contribution in [3.05, 3.63) is 76.6 Å². The van der Waals surface area contributed by atoms with Crippen molar-refractivity contribution in [2.45, 2.75) is 18.9 Å². The Labute approximate surface area is 152 Å². The third-order valence-corrected chi connectivity index (χ3v) is 5.10. The summed E-state index contributed by atoms with van der Waals surface area (Å²) in [5, 5.41) is 11.4. The van der Waals surface area contributed by atoms with Gasteiger partial charge in [0.25, 0.3) is 0 Å². The summed E-state index contributed by atoms with van der Waals surface area (Å²) in [6.07, 6.45) is 6.89. The second kappa shape index (κ2) is 5.54. The lowest BCUT2D eigenvalue weighted by molar-refractivity contribution is 0.0695. The van der Waals surface area contributed by atoms with Crippen LogP contribution in [0.5, 0.6) is 0 Å². The van der Waals surface area contributed by atoms with Crippen LogP contribution >= 0.6 is 0 Å². The van der Waals surface area contributed by atoms with Crippen molar-refractivity contribution in [2.75, 3.05) is 0 Å². The summed E-state index contributed by atoms with van der Waals surface area (Å²) in [4.78, 5) is 24.0. The molecule has 2 aromatic carbocycles. The maximum Gasteiger partial charge on any atom is 0.341 e. The van der Waals surface area contributed by atoms with E-state index in [1.807, 2.05) is 36.7 Å². The molecule has 1 saturated carbocycles. The fourth-order valence-electron chi connectivity index (χ4n) is 3.59. The fourth-order valence-corrected chi connectivity index (χ4v) is 3.59. The molecule has 0 amide bonds. The van der Waals surface area contributed by atoms with E-state index < -0.39 is 17.2 Å². The summed E-state index contributed by atoms with van der Waals surface area (Å²) < 4.78 is 18.4. The van der Waals surface area contributed by atoms with Gasteiger partial charge in [-0.2, -0.15) is 0 Å². The van der Waals surface area contributed by atoms with Crippen molar-refractivity contribution in [3.8, 4) is 5.69 Å². The number of pyridine rings is 1. The van der Waals surface area contributed by atoms with E-state index in [4.69, 9.17) is 0 Å². The first-order valence-electron chi connectivity index (χ1n) is 8.72. The van der Waals surface area contributed by atoms with Crippen LogP contribution in [0.4, 0.5) is 4.39 Å². The quantitative estimate of drug-likeness (QED) is 0.596. The number of aromatic nitrogens is 2. The molecule has 1 aliphatic carbocycles. The molecule has 0 aliphatic heterocycles. The lowest BCUT2D eigenvalue weighted by Gasteiger charge is -2.14. The lowest BCUT2D eigenvalue weighted by atomic mass is 10.1. The van der Waals surface area contributed by atoms with Gasteiger partial charge in [0.15, 0.2) is 0 Å². The zero-order valence-corrected chi connectivity index (χ0v) is 14.2. The molecule has 0 radical (unpaired) electrons. The van der Waals surface area contributed by atoms with E-state index in [1.165, 1.54) is 6.20 Å². The van der Waals surface area contributed by atoms with Crippen molar-refractivity contribution in [1.82, 2.24) is 9.13 Å². The summed E-state index contributed by atoms with van der Waals surface area (Å²) in [5.74, 6) is -1.86. The van der Waals surface area contributed by atoms with Gasteiger partial charge in [0.1, 0.15) is 11.4 Å². The first-order chi connectivity index (χ1) is 13.0. The Bertz CT molecular complexity index is 1270. The average Bonchev–Trinajstić information content (AvgIpc) is 3.39. The monoisotopic (exact) mass is 362 g/mol. The summed E-state index contributed by atoms with van der Waals surface area (Å²) in [5.41, 5.74) is -0.0944. The normalized spacial score (nSPS) is 14.1. The minimum Gasteiger partial charge on any atom is -0.477 e. The predicted molar refractivity (Wildman–Crippen MR) is 100 cm³/mol. The number of nitrogens with zero attached hydrogens (tertiary/aromatic N) is 2. The minimum atomic E-state index is -1.29. The van der Waals surface area contributed by atoms with Gasteiger partial charge in [0, 0.05) is 30.0 Å². The third kappa shape index (κ3) is 2.44. The molecular weight excluding hydrogens is 347 g/mol. The highest BCUT2D eigenvalue weighted by Crippen LogP contribution is 2.37. The van der Waals surface area contributed by atoms with E-state index in [0.717, 1.165) is 29.7 Å². The number of hydrogen-bond donors (Lipinski definition) is 1. The second-order valence-electron chi connectivity index (χ2n) is 6.93. The fraction of sp³-hybridized carbons (Fsp3) is 0.143. The Morgan fingerprint density at radius 3 is 2.33 bits per heavy atom. The molecule has 4 aromatic rings. The number of rotatable bonds is 3. The van der Waals surface area contributed by atoms with Crippen LogP contribution in [0.1, 0.15) is 29.2 Å². The summed E-state index contributed by atoms with van der Waals surface area (Å²) in [6, 6.07) is 10.7. The molecule has 1 fully saturated rings. The molecule has 0 saturated heterocycles. The number of hydrogen-bond acceptors (Lipinski definition) is 2. The molecule has 5 nitrogen and oxygen atoms in total. The summed E-state index contributed by atoms with van der Waals surface area (Å²) in [6.45, 7) is 0. The topological polar surface area (TPSA) is 64.2 Å². The molecule has 2 aromatic heterocycles. The number of carboxylic acids is 1. The Hall–Kier alpha value is -3.41. The van der Waals surface area contributed by atoms with E-state index in [-0.39, 0.29) is 17.0 Å². The number of fused-ring (bicyclic) bond motifs is 2. The molecule has 1 N–H and O–H groups in total. The molecule has 0 atom stereocenters. The van der Waals surface area contributed by atoms with Crippen molar-refractivity contribution in [3.63, 3.8) is 0 Å². The summed E-state index contributed by atoms with van der Waals surface area (Å²) >= 11 is 0. The molecule has 6 heteroatoms. The smallest absolute Gasteiger partial charge is 0.341 e. The molecule has 0 spiro atoms. The van der Waals surface area contributed by atoms with E-state index in [2.05, 4.69) is 0 Å². The number of aromatic carboxylic acids is 1. The maximum absolute atomic E-state index is 14.9. The molecule has 2 heterocycles. The predicted octanol–water partition coefficient (Wildman–Crippen LogP) is 4.12. The molecule has 5 rings (SSSR count). The highest BCUT2D eigenvalue weighted by molar-refractivity contribution is 5.93. The van der Waals surface area contributed by atoms with Gasteiger partial charge in [-0.15, -0.1) is 0 Å². The Balaban J connectivity index is 1.81. The molecule has 134 valence electrons. The number of carbonyl (C=O) groups is 1. The van der Waals surface area contributed by atoms with Crippen molar-refractivity contribution in [2.24, 2.45) is 0 Å². The Morgan fingerprint density at radius 1 is 1.07 bits per heavy atom. The van der Waals surface area contributed by atoms with Crippen molar-refractivity contribution >= 4 is 27.6 Å². The van der Waals surface area contributed by atoms with Gasteiger partial charge in [0.2, 0.25) is 5.43 Å². The van der Waals surface area contributed by atoms with Crippen LogP contribution in [-0.2, 0) is 0 Å². The first-order valence-corrected chi connectivity index (χ1v) is 8.72. The van der Waals surface area contributed by atoms with Gasteiger partial charge in [-0.3, -0.25) is 4.79 Å². The first kappa shape index (κ1) is 15.8. The van der Waals surface area contributed by atoms with E-state index >= 15 is 0 Å². The second-order valence-corrected chi connectivity index (χ2v) is 6.93. The molecule has 0 bridgehead atoms. The zero-order chi connectivity index (χ0) is 18.7. The van der Waals surface area contributed by atoms with Crippen LogP contribution in [0.15, 0.2) is 59.8 Å². The maximum atomic E-state index is 14.9.